The smallest absolute Gasteiger partial charge is 0.234 e. The molecule has 0 saturated carbocycles. The third-order valence-corrected chi connectivity index (χ3v) is 4.28. The number of amides is 1. The van der Waals surface area contributed by atoms with E-state index in [-0.39, 0.29) is 12.5 Å². The zero-order valence-corrected chi connectivity index (χ0v) is 14.8. The van der Waals surface area contributed by atoms with Crippen LogP contribution >= 0.6 is 0 Å². The van der Waals surface area contributed by atoms with E-state index in [4.69, 9.17) is 10.4 Å². The summed E-state index contributed by atoms with van der Waals surface area (Å²) in [5, 5.41) is 21.0. The number of nitrogens with one attached hydrogen (secondary N) is 1. The van der Waals surface area contributed by atoms with Gasteiger partial charge in [0.15, 0.2) is 0 Å². The Bertz CT molecular complexity index is 776. The molecule has 5 heteroatoms. The van der Waals surface area contributed by atoms with Crippen LogP contribution in [0, 0.1) is 11.3 Å². The standard InChI is InChI=1S/C20H23N3O2/c1-20(2,16-6-4-5-15(13-16)14-21)19(25)22-17-7-9-18(10-8-17)23(3)11-12-24/h4-10,13,24H,11-12H2,1-3H3,(H,22,25). The first-order valence-electron chi connectivity index (χ1n) is 8.12. The number of likely N-dealkylation sites (N-methyl/N-ethyl adjacent to an activating group) is 1. The summed E-state index contributed by atoms with van der Waals surface area (Å²) in [6.45, 7) is 4.31. The van der Waals surface area contributed by atoms with Crippen LogP contribution in [-0.4, -0.2) is 31.2 Å². The maximum atomic E-state index is 12.7. The van der Waals surface area contributed by atoms with Crippen molar-refractivity contribution in [2.45, 2.75) is 19.3 Å². The first kappa shape index (κ1) is 18.5. The van der Waals surface area contributed by atoms with E-state index in [9.17, 15) is 4.79 Å². The van der Waals surface area contributed by atoms with Crippen molar-refractivity contribution in [2.24, 2.45) is 0 Å². The average molecular weight is 337 g/mol. The van der Waals surface area contributed by atoms with E-state index in [1.807, 2.05) is 56.1 Å². The zero-order chi connectivity index (χ0) is 18.4. The lowest BCUT2D eigenvalue weighted by atomic mass is 9.83. The van der Waals surface area contributed by atoms with Gasteiger partial charge < -0.3 is 15.3 Å². The van der Waals surface area contributed by atoms with E-state index in [0.717, 1.165) is 11.3 Å². The number of carbonyl (C=O) groups excluding carboxylic acids is 1. The summed E-state index contributed by atoms with van der Waals surface area (Å²) < 4.78 is 0. The Morgan fingerprint density at radius 2 is 1.92 bits per heavy atom. The summed E-state index contributed by atoms with van der Waals surface area (Å²) in [4.78, 5) is 14.7. The van der Waals surface area contributed by atoms with Gasteiger partial charge in [0.25, 0.3) is 0 Å². The Labute approximate surface area is 148 Å². The van der Waals surface area contributed by atoms with E-state index >= 15 is 0 Å². The van der Waals surface area contributed by atoms with Crippen molar-refractivity contribution in [3.05, 3.63) is 59.7 Å². The Morgan fingerprint density at radius 3 is 2.52 bits per heavy atom. The van der Waals surface area contributed by atoms with Gasteiger partial charge in [0, 0.05) is 25.0 Å². The van der Waals surface area contributed by atoms with E-state index in [0.29, 0.717) is 17.8 Å². The molecule has 0 aliphatic rings. The lowest BCUT2D eigenvalue weighted by molar-refractivity contribution is -0.120. The summed E-state index contributed by atoms with van der Waals surface area (Å²) in [6, 6.07) is 16.7. The normalized spacial score (nSPS) is 10.8. The van der Waals surface area contributed by atoms with Crippen molar-refractivity contribution in [1.29, 1.82) is 5.26 Å². The predicted octanol–water partition coefficient (Wildman–Crippen LogP) is 2.90. The minimum Gasteiger partial charge on any atom is -0.395 e. The highest BCUT2D eigenvalue weighted by molar-refractivity contribution is 5.98. The van der Waals surface area contributed by atoms with Gasteiger partial charge in [-0.05, 0) is 55.8 Å². The molecule has 2 aromatic rings. The summed E-state index contributed by atoms with van der Waals surface area (Å²) >= 11 is 0. The number of anilines is 2. The van der Waals surface area contributed by atoms with Crippen molar-refractivity contribution in [3.63, 3.8) is 0 Å². The van der Waals surface area contributed by atoms with Gasteiger partial charge in [-0.15, -0.1) is 0 Å². The summed E-state index contributed by atoms with van der Waals surface area (Å²) in [5.74, 6) is -0.140. The summed E-state index contributed by atoms with van der Waals surface area (Å²) in [6.07, 6.45) is 0. The molecule has 0 radical (unpaired) electrons. The monoisotopic (exact) mass is 337 g/mol. The van der Waals surface area contributed by atoms with Crippen LogP contribution in [-0.2, 0) is 10.2 Å². The molecule has 130 valence electrons. The van der Waals surface area contributed by atoms with E-state index < -0.39 is 5.41 Å². The Balaban J connectivity index is 2.13. The van der Waals surface area contributed by atoms with Gasteiger partial charge in [-0.3, -0.25) is 4.79 Å². The Kier molecular flexibility index (Phi) is 5.79. The molecule has 5 nitrogen and oxygen atoms in total. The fourth-order valence-electron chi connectivity index (χ4n) is 2.47. The highest BCUT2D eigenvalue weighted by Gasteiger charge is 2.30. The second-order valence-corrected chi connectivity index (χ2v) is 6.46. The molecule has 0 spiro atoms. The van der Waals surface area contributed by atoms with E-state index in [1.165, 1.54) is 0 Å². The summed E-state index contributed by atoms with van der Waals surface area (Å²) in [5.41, 5.74) is 2.24. The van der Waals surface area contributed by atoms with Gasteiger partial charge in [0.1, 0.15) is 0 Å². The minimum absolute atomic E-state index is 0.0882. The lowest BCUT2D eigenvalue weighted by Gasteiger charge is -2.25. The van der Waals surface area contributed by atoms with Crippen molar-refractivity contribution in [3.8, 4) is 6.07 Å². The predicted molar refractivity (Wildman–Crippen MR) is 99.6 cm³/mol. The molecule has 0 aromatic heterocycles. The van der Waals surface area contributed by atoms with Crippen LogP contribution in [0.5, 0.6) is 0 Å². The fraction of sp³-hybridized carbons (Fsp3) is 0.300. The van der Waals surface area contributed by atoms with Crippen LogP contribution in [0.1, 0.15) is 25.0 Å². The van der Waals surface area contributed by atoms with Crippen LogP contribution in [0.15, 0.2) is 48.5 Å². The Hall–Kier alpha value is -2.84. The number of hydrogen-bond donors (Lipinski definition) is 2. The van der Waals surface area contributed by atoms with Crippen molar-refractivity contribution < 1.29 is 9.90 Å². The highest BCUT2D eigenvalue weighted by atomic mass is 16.3. The van der Waals surface area contributed by atoms with Crippen LogP contribution in [0.3, 0.4) is 0 Å². The summed E-state index contributed by atoms with van der Waals surface area (Å²) in [7, 11) is 1.90. The molecule has 0 saturated heterocycles. The van der Waals surface area contributed by atoms with Gasteiger partial charge in [0.2, 0.25) is 5.91 Å². The van der Waals surface area contributed by atoms with Gasteiger partial charge in [0.05, 0.1) is 23.7 Å². The van der Waals surface area contributed by atoms with Gasteiger partial charge in [-0.1, -0.05) is 12.1 Å². The number of benzene rings is 2. The van der Waals surface area contributed by atoms with Gasteiger partial charge >= 0.3 is 0 Å². The van der Waals surface area contributed by atoms with Gasteiger partial charge in [-0.2, -0.15) is 5.26 Å². The molecular formula is C20H23N3O2. The third kappa shape index (κ3) is 4.37. The topological polar surface area (TPSA) is 76.4 Å². The fourth-order valence-corrected chi connectivity index (χ4v) is 2.47. The Morgan fingerprint density at radius 1 is 1.24 bits per heavy atom. The quantitative estimate of drug-likeness (QED) is 0.850. The average Bonchev–Trinajstić information content (AvgIpc) is 2.62. The molecule has 0 unspecified atom stereocenters. The molecule has 0 atom stereocenters. The van der Waals surface area contributed by atoms with Crippen molar-refractivity contribution >= 4 is 17.3 Å². The number of hydrogen-bond acceptors (Lipinski definition) is 4. The van der Waals surface area contributed by atoms with Crippen LogP contribution < -0.4 is 10.2 Å². The number of rotatable bonds is 6. The molecule has 1 amide bonds. The second kappa shape index (κ2) is 7.82. The first-order valence-corrected chi connectivity index (χ1v) is 8.12. The zero-order valence-electron chi connectivity index (χ0n) is 14.8. The van der Waals surface area contributed by atoms with Crippen molar-refractivity contribution in [2.75, 3.05) is 30.4 Å². The largest absolute Gasteiger partial charge is 0.395 e. The molecular weight excluding hydrogens is 314 g/mol. The SMILES string of the molecule is CN(CCO)c1ccc(NC(=O)C(C)(C)c2cccc(C#N)c2)cc1. The first-order chi connectivity index (χ1) is 11.9. The van der Waals surface area contributed by atoms with Crippen LogP contribution in [0.2, 0.25) is 0 Å². The number of nitrogens with zero attached hydrogens (tertiary/aromatic N) is 2. The lowest BCUT2D eigenvalue weighted by Crippen LogP contribution is -2.34. The molecule has 2 N–H and O–H groups in total. The van der Waals surface area contributed by atoms with E-state index in [1.54, 1.807) is 18.2 Å². The molecule has 0 bridgehead atoms. The number of carbonyl (C=O) groups is 1. The molecule has 0 heterocycles. The molecule has 0 aliphatic heterocycles. The maximum absolute atomic E-state index is 12.7. The molecule has 2 rings (SSSR count). The number of aliphatic hydroxyl groups excluding tert-OH is 1. The third-order valence-electron chi connectivity index (χ3n) is 4.28. The number of aliphatic hydroxyl groups is 1. The molecule has 0 fully saturated rings. The number of nitriles is 1. The minimum atomic E-state index is -0.765. The second-order valence-electron chi connectivity index (χ2n) is 6.46. The highest BCUT2D eigenvalue weighted by Crippen LogP contribution is 2.26. The van der Waals surface area contributed by atoms with Crippen LogP contribution in [0.25, 0.3) is 0 Å². The molecule has 0 aliphatic carbocycles. The van der Waals surface area contributed by atoms with Crippen molar-refractivity contribution in [1.82, 2.24) is 0 Å². The molecule has 25 heavy (non-hydrogen) atoms. The van der Waals surface area contributed by atoms with Gasteiger partial charge in [-0.25, -0.2) is 0 Å². The van der Waals surface area contributed by atoms with Crippen LogP contribution in [0.4, 0.5) is 11.4 Å². The maximum Gasteiger partial charge on any atom is 0.234 e. The van der Waals surface area contributed by atoms with E-state index in [2.05, 4.69) is 11.4 Å². The molecule has 2 aromatic carbocycles.